The highest BCUT2D eigenvalue weighted by atomic mass is 16.2. The number of nitrogens with one attached hydrogen (secondary N) is 4. The third kappa shape index (κ3) is 9.09. The second kappa shape index (κ2) is 14.5. The molecule has 0 saturated carbocycles. The van der Waals surface area contributed by atoms with Gasteiger partial charge >= 0.3 is 0 Å². The molecular weight excluding hydrogens is 428 g/mol. The first-order valence-electron chi connectivity index (χ1n) is 11.5. The summed E-state index contributed by atoms with van der Waals surface area (Å²) >= 11 is 0. The molecule has 0 unspecified atom stereocenters. The van der Waals surface area contributed by atoms with Crippen LogP contribution >= 0.6 is 0 Å². The quantitative estimate of drug-likeness (QED) is 0.214. The Morgan fingerprint density at radius 2 is 1.15 bits per heavy atom. The minimum absolute atomic E-state index is 0.276. The standard InChI is InChI=1S/C26H32N6O2/c33-25(31-16-14-27-19-22-10-4-6-12-29-22)24(18-21-8-2-1-3-9-21)26(34)32-17-15-28-20-23-11-5-7-13-30-23/h1-13,24,27-28H,14-20H2,(H,31,33)(H,32,34). The number of benzene rings is 1. The minimum atomic E-state index is -0.797. The van der Waals surface area contributed by atoms with E-state index in [1.807, 2.05) is 66.7 Å². The fourth-order valence-corrected chi connectivity index (χ4v) is 3.39. The van der Waals surface area contributed by atoms with Crippen molar-refractivity contribution >= 4 is 11.8 Å². The zero-order chi connectivity index (χ0) is 23.8. The van der Waals surface area contributed by atoms with Crippen LogP contribution in [0.1, 0.15) is 17.0 Å². The van der Waals surface area contributed by atoms with E-state index in [1.165, 1.54) is 0 Å². The van der Waals surface area contributed by atoms with E-state index < -0.39 is 5.92 Å². The van der Waals surface area contributed by atoms with Crippen molar-refractivity contribution in [1.82, 2.24) is 31.2 Å². The molecule has 2 amide bonds. The molecular formula is C26H32N6O2. The molecule has 0 aliphatic carbocycles. The van der Waals surface area contributed by atoms with Crippen LogP contribution in [0.4, 0.5) is 0 Å². The Labute approximate surface area is 200 Å². The van der Waals surface area contributed by atoms with Gasteiger partial charge in [0.15, 0.2) is 0 Å². The molecule has 4 N–H and O–H groups in total. The number of amides is 2. The van der Waals surface area contributed by atoms with Crippen molar-refractivity contribution in [1.29, 1.82) is 0 Å². The largest absolute Gasteiger partial charge is 0.354 e. The van der Waals surface area contributed by atoms with Crippen LogP contribution in [0.2, 0.25) is 0 Å². The number of carbonyl (C=O) groups excluding carboxylic acids is 2. The second-order valence-electron chi connectivity index (χ2n) is 7.82. The van der Waals surface area contributed by atoms with E-state index in [0.29, 0.717) is 45.7 Å². The van der Waals surface area contributed by atoms with Gasteiger partial charge in [-0.3, -0.25) is 19.6 Å². The van der Waals surface area contributed by atoms with Crippen LogP contribution in [0.25, 0.3) is 0 Å². The third-order valence-electron chi connectivity index (χ3n) is 5.18. The van der Waals surface area contributed by atoms with Gasteiger partial charge in [-0.05, 0) is 36.2 Å². The summed E-state index contributed by atoms with van der Waals surface area (Å²) in [6, 6.07) is 21.1. The first kappa shape index (κ1) is 25.0. The average molecular weight is 461 g/mol. The number of hydrogen-bond donors (Lipinski definition) is 4. The zero-order valence-electron chi connectivity index (χ0n) is 19.2. The van der Waals surface area contributed by atoms with E-state index >= 15 is 0 Å². The van der Waals surface area contributed by atoms with Gasteiger partial charge in [-0.1, -0.05) is 42.5 Å². The third-order valence-corrected chi connectivity index (χ3v) is 5.18. The molecule has 0 fully saturated rings. The average Bonchev–Trinajstić information content (AvgIpc) is 2.88. The summed E-state index contributed by atoms with van der Waals surface area (Å²) in [7, 11) is 0. The molecule has 1 aromatic carbocycles. The summed E-state index contributed by atoms with van der Waals surface area (Å²) in [4.78, 5) is 34.2. The Balaban J connectivity index is 1.43. The first-order valence-corrected chi connectivity index (χ1v) is 11.5. The van der Waals surface area contributed by atoms with Gasteiger partial charge in [0.05, 0.1) is 11.4 Å². The van der Waals surface area contributed by atoms with Gasteiger partial charge in [0.2, 0.25) is 11.8 Å². The molecule has 0 radical (unpaired) electrons. The molecule has 8 heteroatoms. The zero-order valence-corrected chi connectivity index (χ0v) is 19.2. The topological polar surface area (TPSA) is 108 Å². The summed E-state index contributed by atoms with van der Waals surface area (Å²) in [6.45, 7) is 3.26. The van der Waals surface area contributed by atoms with Crippen molar-refractivity contribution in [2.24, 2.45) is 5.92 Å². The maximum absolute atomic E-state index is 12.9. The summed E-state index contributed by atoms with van der Waals surface area (Å²) in [5.74, 6) is -1.35. The fraction of sp³-hybridized carbons (Fsp3) is 0.308. The molecule has 2 heterocycles. The van der Waals surface area contributed by atoms with Crippen molar-refractivity contribution in [3.8, 4) is 0 Å². The predicted molar refractivity (Wildman–Crippen MR) is 132 cm³/mol. The van der Waals surface area contributed by atoms with Crippen molar-refractivity contribution in [2.75, 3.05) is 26.2 Å². The predicted octanol–water partition coefficient (Wildman–Crippen LogP) is 1.45. The Kier molecular flexibility index (Phi) is 10.7. The molecule has 3 rings (SSSR count). The lowest BCUT2D eigenvalue weighted by atomic mass is 9.97. The first-order chi connectivity index (χ1) is 16.7. The van der Waals surface area contributed by atoms with Gasteiger partial charge in [0, 0.05) is 51.7 Å². The van der Waals surface area contributed by atoms with Crippen molar-refractivity contribution in [3.05, 3.63) is 96.1 Å². The second-order valence-corrected chi connectivity index (χ2v) is 7.82. The normalized spacial score (nSPS) is 10.7. The van der Waals surface area contributed by atoms with Crippen molar-refractivity contribution in [2.45, 2.75) is 19.5 Å². The maximum atomic E-state index is 12.9. The monoisotopic (exact) mass is 460 g/mol. The van der Waals surface area contributed by atoms with E-state index in [2.05, 4.69) is 31.2 Å². The number of carbonyl (C=O) groups is 2. The van der Waals surface area contributed by atoms with Crippen LogP contribution in [-0.2, 0) is 29.1 Å². The van der Waals surface area contributed by atoms with E-state index in [4.69, 9.17) is 0 Å². The maximum Gasteiger partial charge on any atom is 0.232 e. The van der Waals surface area contributed by atoms with E-state index in [9.17, 15) is 9.59 Å². The Morgan fingerprint density at radius 1 is 0.647 bits per heavy atom. The van der Waals surface area contributed by atoms with Crippen molar-refractivity contribution < 1.29 is 9.59 Å². The molecule has 34 heavy (non-hydrogen) atoms. The molecule has 2 aromatic heterocycles. The Bertz CT molecular complexity index is 924. The number of aromatic nitrogens is 2. The van der Waals surface area contributed by atoms with E-state index in [1.54, 1.807) is 12.4 Å². The minimum Gasteiger partial charge on any atom is -0.354 e. The number of hydrogen-bond acceptors (Lipinski definition) is 6. The number of nitrogens with zero attached hydrogens (tertiary/aromatic N) is 2. The van der Waals surface area contributed by atoms with Crippen LogP contribution in [-0.4, -0.2) is 48.0 Å². The molecule has 0 aliphatic heterocycles. The van der Waals surface area contributed by atoms with Gasteiger partial charge in [-0.25, -0.2) is 0 Å². The molecule has 3 aromatic rings. The van der Waals surface area contributed by atoms with Crippen LogP contribution in [0.15, 0.2) is 79.1 Å². The molecule has 0 atom stereocenters. The van der Waals surface area contributed by atoms with E-state index in [0.717, 1.165) is 17.0 Å². The van der Waals surface area contributed by atoms with E-state index in [-0.39, 0.29) is 11.8 Å². The van der Waals surface area contributed by atoms with Crippen LogP contribution in [0.3, 0.4) is 0 Å². The Morgan fingerprint density at radius 3 is 1.62 bits per heavy atom. The highest BCUT2D eigenvalue weighted by Crippen LogP contribution is 2.09. The number of pyridine rings is 2. The highest BCUT2D eigenvalue weighted by Gasteiger charge is 2.26. The van der Waals surface area contributed by atoms with Gasteiger partial charge in [-0.15, -0.1) is 0 Å². The van der Waals surface area contributed by atoms with Gasteiger partial charge < -0.3 is 21.3 Å². The molecule has 178 valence electrons. The van der Waals surface area contributed by atoms with Crippen LogP contribution < -0.4 is 21.3 Å². The molecule has 0 aliphatic rings. The lowest BCUT2D eigenvalue weighted by Gasteiger charge is -2.17. The molecule has 0 spiro atoms. The SMILES string of the molecule is O=C(NCCNCc1ccccn1)C(Cc1ccccc1)C(=O)NCCNCc1ccccn1. The lowest BCUT2D eigenvalue weighted by molar-refractivity contribution is -0.135. The van der Waals surface area contributed by atoms with Gasteiger partial charge in [0.25, 0.3) is 0 Å². The molecule has 0 saturated heterocycles. The lowest BCUT2D eigenvalue weighted by Crippen LogP contribution is -2.45. The summed E-state index contributed by atoms with van der Waals surface area (Å²) < 4.78 is 0. The number of rotatable bonds is 14. The highest BCUT2D eigenvalue weighted by molar-refractivity contribution is 6.00. The molecule has 8 nitrogen and oxygen atoms in total. The van der Waals surface area contributed by atoms with Crippen LogP contribution in [0, 0.1) is 5.92 Å². The van der Waals surface area contributed by atoms with Crippen molar-refractivity contribution in [3.63, 3.8) is 0 Å². The van der Waals surface area contributed by atoms with Gasteiger partial charge in [-0.2, -0.15) is 0 Å². The fourth-order valence-electron chi connectivity index (χ4n) is 3.39. The smallest absolute Gasteiger partial charge is 0.232 e. The summed E-state index contributed by atoms with van der Waals surface area (Å²) in [6.07, 6.45) is 3.85. The van der Waals surface area contributed by atoms with Crippen LogP contribution in [0.5, 0.6) is 0 Å². The summed E-state index contributed by atoms with van der Waals surface area (Å²) in [5.41, 5.74) is 2.82. The Hall–Kier alpha value is -3.62. The summed E-state index contributed by atoms with van der Waals surface area (Å²) in [5, 5.41) is 12.3. The van der Waals surface area contributed by atoms with Gasteiger partial charge in [0.1, 0.15) is 5.92 Å². The molecule has 0 bridgehead atoms.